The van der Waals surface area contributed by atoms with E-state index in [2.05, 4.69) is 13.8 Å². The molecule has 0 unspecified atom stereocenters. The van der Waals surface area contributed by atoms with Crippen molar-refractivity contribution in [3.05, 3.63) is 29.8 Å². The molecule has 0 heterocycles. The SMILES string of the molecule is CC(C)CN(Cc1cccc(OS(C)(=O)=O)c1)C(=O)C(C)(C)C. The Hall–Kier alpha value is -1.56. The molecule has 1 aromatic rings. The van der Waals surface area contributed by atoms with E-state index in [9.17, 15) is 13.2 Å². The van der Waals surface area contributed by atoms with Gasteiger partial charge in [-0.1, -0.05) is 46.8 Å². The van der Waals surface area contributed by atoms with Crippen LogP contribution in [0, 0.1) is 11.3 Å². The number of amides is 1. The first-order valence-corrected chi connectivity index (χ1v) is 9.48. The monoisotopic (exact) mass is 341 g/mol. The molecule has 0 saturated carbocycles. The average Bonchev–Trinajstić information content (AvgIpc) is 2.33. The molecule has 6 heteroatoms. The first-order valence-electron chi connectivity index (χ1n) is 7.66. The van der Waals surface area contributed by atoms with Gasteiger partial charge in [-0.25, -0.2) is 0 Å². The van der Waals surface area contributed by atoms with E-state index in [1.165, 1.54) is 0 Å². The molecule has 1 amide bonds. The fraction of sp³-hybridized carbons (Fsp3) is 0.588. The van der Waals surface area contributed by atoms with Gasteiger partial charge in [-0.2, -0.15) is 8.42 Å². The van der Waals surface area contributed by atoms with Crippen molar-refractivity contribution in [1.29, 1.82) is 0 Å². The smallest absolute Gasteiger partial charge is 0.306 e. The number of carbonyl (C=O) groups is 1. The van der Waals surface area contributed by atoms with E-state index in [-0.39, 0.29) is 11.7 Å². The summed E-state index contributed by atoms with van der Waals surface area (Å²) in [7, 11) is -3.56. The van der Waals surface area contributed by atoms with Crippen molar-refractivity contribution in [2.75, 3.05) is 12.8 Å². The molecule has 5 nitrogen and oxygen atoms in total. The normalized spacial score (nSPS) is 12.3. The molecule has 0 spiro atoms. The minimum atomic E-state index is -3.56. The van der Waals surface area contributed by atoms with E-state index in [1.807, 2.05) is 31.7 Å². The summed E-state index contributed by atoms with van der Waals surface area (Å²) in [4.78, 5) is 14.4. The molecule has 0 aliphatic carbocycles. The summed E-state index contributed by atoms with van der Waals surface area (Å²) in [6, 6.07) is 6.83. The van der Waals surface area contributed by atoms with Crippen LogP contribution in [0.1, 0.15) is 40.2 Å². The molecule has 23 heavy (non-hydrogen) atoms. The second kappa shape index (κ2) is 7.34. The zero-order valence-corrected chi connectivity index (χ0v) is 15.6. The van der Waals surface area contributed by atoms with Gasteiger partial charge in [0.15, 0.2) is 0 Å². The predicted octanol–water partition coefficient (Wildman–Crippen LogP) is 3.06. The third kappa shape index (κ3) is 7.03. The van der Waals surface area contributed by atoms with E-state index in [4.69, 9.17) is 4.18 Å². The van der Waals surface area contributed by atoms with Crippen LogP contribution >= 0.6 is 0 Å². The quantitative estimate of drug-likeness (QED) is 0.746. The van der Waals surface area contributed by atoms with E-state index >= 15 is 0 Å². The van der Waals surface area contributed by atoms with Crippen LogP contribution in [-0.2, 0) is 21.5 Å². The summed E-state index contributed by atoms with van der Waals surface area (Å²) < 4.78 is 27.4. The molecule has 0 fully saturated rings. The number of nitrogens with zero attached hydrogens (tertiary/aromatic N) is 1. The van der Waals surface area contributed by atoms with Crippen LogP contribution in [-0.4, -0.2) is 32.0 Å². The fourth-order valence-electron chi connectivity index (χ4n) is 2.23. The molecule has 0 saturated heterocycles. The van der Waals surface area contributed by atoms with Gasteiger partial charge in [0.2, 0.25) is 5.91 Å². The molecule has 0 aromatic heterocycles. The summed E-state index contributed by atoms with van der Waals surface area (Å²) >= 11 is 0. The Morgan fingerprint density at radius 1 is 1.26 bits per heavy atom. The summed E-state index contributed by atoms with van der Waals surface area (Å²) in [6.45, 7) is 10.9. The zero-order valence-electron chi connectivity index (χ0n) is 14.8. The highest BCUT2D eigenvalue weighted by atomic mass is 32.2. The van der Waals surface area contributed by atoms with E-state index < -0.39 is 15.5 Å². The summed E-state index contributed by atoms with van der Waals surface area (Å²) in [5.41, 5.74) is 0.375. The van der Waals surface area contributed by atoms with Gasteiger partial charge < -0.3 is 9.08 Å². The van der Waals surface area contributed by atoms with Crippen LogP contribution in [0.15, 0.2) is 24.3 Å². The molecule has 0 radical (unpaired) electrons. The summed E-state index contributed by atoms with van der Waals surface area (Å²) in [5.74, 6) is 0.676. The first-order chi connectivity index (χ1) is 10.4. The highest BCUT2D eigenvalue weighted by Crippen LogP contribution is 2.22. The lowest BCUT2D eigenvalue weighted by atomic mass is 9.94. The zero-order chi connectivity index (χ0) is 17.8. The Kier molecular flexibility index (Phi) is 6.22. The maximum Gasteiger partial charge on any atom is 0.306 e. The van der Waals surface area contributed by atoms with Crippen molar-refractivity contribution in [2.24, 2.45) is 11.3 Å². The lowest BCUT2D eigenvalue weighted by Crippen LogP contribution is -2.41. The molecule has 130 valence electrons. The molecular weight excluding hydrogens is 314 g/mol. The van der Waals surface area contributed by atoms with Gasteiger partial charge in [0.25, 0.3) is 0 Å². The van der Waals surface area contributed by atoms with Gasteiger partial charge in [-0.3, -0.25) is 4.79 Å². The van der Waals surface area contributed by atoms with Crippen LogP contribution < -0.4 is 4.18 Å². The van der Waals surface area contributed by atoms with Crippen molar-refractivity contribution in [2.45, 2.75) is 41.2 Å². The molecule has 0 aliphatic rings. The van der Waals surface area contributed by atoms with Crippen LogP contribution in [0.5, 0.6) is 5.75 Å². The highest BCUT2D eigenvalue weighted by molar-refractivity contribution is 7.86. The van der Waals surface area contributed by atoms with Crippen molar-refractivity contribution in [3.8, 4) is 5.75 Å². The number of hydrogen-bond donors (Lipinski definition) is 0. The average molecular weight is 341 g/mol. The van der Waals surface area contributed by atoms with Crippen LogP contribution in [0.3, 0.4) is 0 Å². The fourth-order valence-corrected chi connectivity index (χ4v) is 2.68. The minimum absolute atomic E-state index is 0.0700. The Bertz CT molecular complexity index is 645. The number of benzene rings is 1. The molecule has 1 aromatic carbocycles. The molecular formula is C17H27NO4S. The molecule has 0 atom stereocenters. The number of rotatable bonds is 6. The topological polar surface area (TPSA) is 63.7 Å². The van der Waals surface area contributed by atoms with Crippen LogP contribution in [0.25, 0.3) is 0 Å². The van der Waals surface area contributed by atoms with Gasteiger partial charge in [-0.05, 0) is 23.6 Å². The molecule has 1 rings (SSSR count). The predicted molar refractivity (Wildman–Crippen MR) is 91.6 cm³/mol. The first kappa shape index (κ1) is 19.5. The van der Waals surface area contributed by atoms with Crippen LogP contribution in [0.2, 0.25) is 0 Å². The third-order valence-electron chi connectivity index (χ3n) is 3.03. The second-order valence-corrected chi connectivity index (χ2v) is 8.84. The maximum atomic E-state index is 12.6. The van der Waals surface area contributed by atoms with Crippen LogP contribution in [0.4, 0.5) is 0 Å². The standard InChI is InChI=1S/C17H27NO4S/c1-13(2)11-18(16(19)17(3,4)5)12-14-8-7-9-15(10-14)22-23(6,20)21/h7-10,13H,11-12H2,1-6H3. The Labute approximate surface area is 139 Å². The summed E-state index contributed by atoms with van der Waals surface area (Å²) in [6.07, 6.45) is 1.01. The Morgan fingerprint density at radius 2 is 1.87 bits per heavy atom. The highest BCUT2D eigenvalue weighted by Gasteiger charge is 2.27. The van der Waals surface area contributed by atoms with Crippen molar-refractivity contribution < 1.29 is 17.4 Å². The maximum absolute atomic E-state index is 12.6. The van der Waals surface area contributed by atoms with Gasteiger partial charge >= 0.3 is 10.1 Å². The van der Waals surface area contributed by atoms with Gasteiger partial charge in [0.1, 0.15) is 5.75 Å². The largest absolute Gasteiger partial charge is 0.383 e. The minimum Gasteiger partial charge on any atom is -0.383 e. The number of hydrogen-bond acceptors (Lipinski definition) is 4. The van der Waals surface area contributed by atoms with Gasteiger partial charge in [-0.15, -0.1) is 0 Å². The Morgan fingerprint density at radius 3 is 2.35 bits per heavy atom. The lowest BCUT2D eigenvalue weighted by Gasteiger charge is -2.31. The molecule has 0 aliphatic heterocycles. The summed E-state index contributed by atoms with van der Waals surface area (Å²) in [5, 5.41) is 0. The molecule has 0 N–H and O–H groups in total. The van der Waals surface area contributed by atoms with Crippen molar-refractivity contribution in [3.63, 3.8) is 0 Å². The van der Waals surface area contributed by atoms with E-state index in [1.54, 1.807) is 18.2 Å². The van der Waals surface area contributed by atoms with Crippen molar-refractivity contribution >= 4 is 16.0 Å². The van der Waals surface area contributed by atoms with Gasteiger partial charge in [0.05, 0.1) is 6.26 Å². The molecule has 0 bridgehead atoms. The second-order valence-electron chi connectivity index (χ2n) is 7.26. The Balaban J connectivity index is 3.00. The number of carbonyl (C=O) groups excluding carboxylic acids is 1. The van der Waals surface area contributed by atoms with E-state index in [0.29, 0.717) is 19.0 Å². The van der Waals surface area contributed by atoms with Gasteiger partial charge in [0, 0.05) is 18.5 Å². The van der Waals surface area contributed by atoms with Crippen molar-refractivity contribution in [1.82, 2.24) is 4.90 Å². The van der Waals surface area contributed by atoms with E-state index in [0.717, 1.165) is 11.8 Å². The third-order valence-corrected chi connectivity index (χ3v) is 3.53. The lowest BCUT2D eigenvalue weighted by molar-refractivity contribution is -0.140.